The van der Waals surface area contributed by atoms with Crippen LogP contribution in [0.2, 0.25) is 0 Å². The predicted molar refractivity (Wildman–Crippen MR) is 74.1 cm³/mol. The number of carbonyl (C=O) groups is 1. The van der Waals surface area contributed by atoms with Crippen LogP contribution in [-0.2, 0) is 6.18 Å². The zero-order valence-electron chi connectivity index (χ0n) is 11.4. The highest BCUT2D eigenvalue weighted by Crippen LogP contribution is 2.30. The molecule has 0 unspecified atom stereocenters. The Hall–Kier alpha value is -1.34. The van der Waals surface area contributed by atoms with Gasteiger partial charge in [-0.15, -0.1) is 12.4 Å². The zero-order valence-corrected chi connectivity index (χ0v) is 12.2. The quantitative estimate of drug-likeness (QED) is 0.622. The Kier molecular flexibility index (Phi) is 8.27. The summed E-state index contributed by atoms with van der Waals surface area (Å²) in [6.07, 6.45) is -3.68. The van der Waals surface area contributed by atoms with Crippen molar-refractivity contribution in [3.8, 4) is 0 Å². The smallest absolute Gasteiger partial charge is 0.351 e. The molecule has 21 heavy (non-hydrogen) atoms. The van der Waals surface area contributed by atoms with E-state index in [0.29, 0.717) is 24.7 Å². The molecule has 0 aliphatic rings. The van der Waals surface area contributed by atoms with Gasteiger partial charge in [-0.25, -0.2) is 4.39 Å². The van der Waals surface area contributed by atoms with Crippen LogP contribution in [-0.4, -0.2) is 25.5 Å². The van der Waals surface area contributed by atoms with E-state index in [1.165, 1.54) is 0 Å². The lowest BCUT2D eigenvalue weighted by Gasteiger charge is -2.10. The van der Waals surface area contributed by atoms with Gasteiger partial charge < -0.3 is 10.6 Å². The fourth-order valence-corrected chi connectivity index (χ4v) is 1.54. The van der Waals surface area contributed by atoms with E-state index >= 15 is 0 Å². The summed E-state index contributed by atoms with van der Waals surface area (Å²) in [5.41, 5.74) is -1.65. The molecule has 1 amide bonds. The van der Waals surface area contributed by atoms with E-state index in [2.05, 4.69) is 10.6 Å². The standard InChI is InChI=1S/C13H16F4N2O.ClH/c1-2-5-18-6-7-19-12(20)10-8-9(13(15,16)17)3-4-11(10)14;/h3-4,8,18H,2,5-7H2,1H3,(H,19,20);1H. The molecule has 8 heteroatoms. The number of nitrogens with one attached hydrogen (secondary N) is 2. The van der Waals surface area contributed by atoms with Gasteiger partial charge in [0.1, 0.15) is 5.82 Å². The Morgan fingerprint density at radius 2 is 1.86 bits per heavy atom. The molecule has 0 aliphatic heterocycles. The van der Waals surface area contributed by atoms with Gasteiger partial charge in [-0.05, 0) is 31.2 Å². The lowest BCUT2D eigenvalue weighted by Crippen LogP contribution is -2.32. The first-order valence-corrected chi connectivity index (χ1v) is 6.22. The average Bonchev–Trinajstić information content (AvgIpc) is 2.37. The summed E-state index contributed by atoms with van der Waals surface area (Å²) in [6, 6.07) is 1.77. The van der Waals surface area contributed by atoms with Gasteiger partial charge in [0.2, 0.25) is 0 Å². The number of benzene rings is 1. The molecule has 0 saturated carbocycles. The number of rotatable bonds is 6. The van der Waals surface area contributed by atoms with Crippen LogP contribution in [0.25, 0.3) is 0 Å². The van der Waals surface area contributed by atoms with E-state index in [4.69, 9.17) is 0 Å². The van der Waals surface area contributed by atoms with E-state index in [1.54, 1.807) is 0 Å². The maximum atomic E-state index is 13.4. The van der Waals surface area contributed by atoms with Crippen molar-refractivity contribution in [2.45, 2.75) is 19.5 Å². The third kappa shape index (κ3) is 6.31. The van der Waals surface area contributed by atoms with E-state index in [9.17, 15) is 22.4 Å². The highest BCUT2D eigenvalue weighted by Gasteiger charge is 2.31. The molecule has 0 heterocycles. The van der Waals surface area contributed by atoms with Crippen molar-refractivity contribution in [1.82, 2.24) is 10.6 Å². The molecular weight excluding hydrogens is 312 g/mol. The second-order valence-corrected chi connectivity index (χ2v) is 4.20. The molecule has 0 bridgehead atoms. The third-order valence-corrected chi connectivity index (χ3v) is 2.55. The highest BCUT2D eigenvalue weighted by atomic mass is 35.5. The van der Waals surface area contributed by atoms with Gasteiger partial charge >= 0.3 is 6.18 Å². The van der Waals surface area contributed by atoms with Gasteiger partial charge in [0.05, 0.1) is 11.1 Å². The molecule has 1 rings (SSSR count). The number of hydrogen-bond donors (Lipinski definition) is 2. The topological polar surface area (TPSA) is 41.1 Å². The molecule has 0 aliphatic carbocycles. The van der Waals surface area contributed by atoms with Crippen molar-refractivity contribution in [3.63, 3.8) is 0 Å². The Labute approximate surface area is 126 Å². The predicted octanol–water partition coefficient (Wildman–Crippen LogP) is 3.00. The van der Waals surface area contributed by atoms with Crippen LogP contribution in [0.3, 0.4) is 0 Å². The minimum absolute atomic E-state index is 0. The normalized spacial score (nSPS) is 10.9. The molecule has 0 atom stereocenters. The first kappa shape index (κ1) is 19.7. The maximum Gasteiger partial charge on any atom is 0.416 e. The monoisotopic (exact) mass is 328 g/mol. The van der Waals surface area contributed by atoms with Crippen LogP contribution < -0.4 is 10.6 Å². The zero-order chi connectivity index (χ0) is 15.2. The number of carbonyl (C=O) groups excluding carboxylic acids is 1. The minimum Gasteiger partial charge on any atom is -0.351 e. The number of alkyl halides is 3. The van der Waals surface area contributed by atoms with Crippen molar-refractivity contribution in [3.05, 3.63) is 35.1 Å². The number of hydrogen-bond acceptors (Lipinski definition) is 2. The van der Waals surface area contributed by atoms with E-state index in [1.807, 2.05) is 6.92 Å². The van der Waals surface area contributed by atoms with Crippen molar-refractivity contribution in [2.75, 3.05) is 19.6 Å². The average molecular weight is 329 g/mol. The van der Waals surface area contributed by atoms with Crippen LogP contribution in [0, 0.1) is 5.82 Å². The molecule has 0 saturated heterocycles. The molecule has 0 spiro atoms. The Balaban J connectivity index is 0.00000400. The van der Waals surface area contributed by atoms with Crippen molar-refractivity contribution < 1.29 is 22.4 Å². The summed E-state index contributed by atoms with van der Waals surface area (Å²) in [4.78, 5) is 11.6. The largest absolute Gasteiger partial charge is 0.416 e. The van der Waals surface area contributed by atoms with Crippen LogP contribution in [0.1, 0.15) is 29.3 Å². The van der Waals surface area contributed by atoms with Crippen LogP contribution in [0.4, 0.5) is 17.6 Å². The van der Waals surface area contributed by atoms with Gasteiger partial charge in [0, 0.05) is 13.1 Å². The number of amides is 1. The van der Waals surface area contributed by atoms with Crippen molar-refractivity contribution in [1.29, 1.82) is 0 Å². The van der Waals surface area contributed by atoms with Crippen molar-refractivity contribution in [2.24, 2.45) is 0 Å². The summed E-state index contributed by atoms with van der Waals surface area (Å²) >= 11 is 0. The lowest BCUT2D eigenvalue weighted by atomic mass is 10.1. The highest BCUT2D eigenvalue weighted by molar-refractivity contribution is 5.94. The summed E-state index contributed by atoms with van der Waals surface area (Å²) in [5.74, 6) is -1.83. The van der Waals surface area contributed by atoms with Crippen molar-refractivity contribution >= 4 is 18.3 Å². The second-order valence-electron chi connectivity index (χ2n) is 4.20. The van der Waals surface area contributed by atoms with E-state index in [0.717, 1.165) is 13.0 Å². The van der Waals surface area contributed by atoms with E-state index in [-0.39, 0.29) is 19.0 Å². The SMILES string of the molecule is CCCNCCNC(=O)c1cc(C(F)(F)F)ccc1F.Cl. The summed E-state index contributed by atoms with van der Waals surface area (Å²) < 4.78 is 50.9. The third-order valence-electron chi connectivity index (χ3n) is 2.55. The first-order chi connectivity index (χ1) is 9.36. The minimum atomic E-state index is -4.61. The van der Waals surface area contributed by atoms with E-state index < -0.39 is 29.0 Å². The molecule has 1 aromatic carbocycles. The molecule has 120 valence electrons. The second kappa shape index (κ2) is 8.84. The van der Waals surface area contributed by atoms with Crippen LogP contribution in [0.5, 0.6) is 0 Å². The van der Waals surface area contributed by atoms with Crippen LogP contribution >= 0.6 is 12.4 Å². The summed E-state index contributed by atoms with van der Waals surface area (Å²) in [6.45, 7) is 3.44. The molecule has 3 nitrogen and oxygen atoms in total. The molecule has 0 radical (unpaired) electrons. The van der Waals surface area contributed by atoms with Gasteiger partial charge in [-0.1, -0.05) is 6.92 Å². The Morgan fingerprint density at radius 3 is 2.43 bits per heavy atom. The fraction of sp³-hybridized carbons (Fsp3) is 0.462. The Morgan fingerprint density at radius 1 is 1.19 bits per heavy atom. The number of halogens is 5. The van der Waals surface area contributed by atoms with Gasteiger partial charge in [-0.3, -0.25) is 4.79 Å². The fourth-order valence-electron chi connectivity index (χ4n) is 1.54. The molecule has 2 N–H and O–H groups in total. The molecule has 0 aromatic heterocycles. The summed E-state index contributed by atoms with van der Waals surface area (Å²) in [5, 5.41) is 5.37. The first-order valence-electron chi connectivity index (χ1n) is 6.22. The molecule has 1 aromatic rings. The van der Waals surface area contributed by atoms with Gasteiger partial charge in [0.25, 0.3) is 5.91 Å². The maximum absolute atomic E-state index is 13.4. The summed E-state index contributed by atoms with van der Waals surface area (Å²) in [7, 11) is 0. The van der Waals surface area contributed by atoms with Gasteiger partial charge in [0.15, 0.2) is 0 Å². The Bertz CT molecular complexity index is 466. The lowest BCUT2D eigenvalue weighted by molar-refractivity contribution is -0.137. The molecular formula is C13H17ClF4N2O. The molecule has 0 fully saturated rings. The van der Waals surface area contributed by atoms with Crippen LogP contribution in [0.15, 0.2) is 18.2 Å². The van der Waals surface area contributed by atoms with Gasteiger partial charge in [-0.2, -0.15) is 13.2 Å².